The molecule has 0 saturated carbocycles. The molecule has 7 heteroatoms. The van der Waals surface area contributed by atoms with Gasteiger partial charge in [-0.3, -0.25) is 14.5 Å². The molecule has 0 bridgehead atoms. The third-order valence-electron chi connectivity index (χ3n) is 5.74. The van der Waals surface area contributed by atoms with Gasteiger partial charge in [-0.1, -0.05) is 24.3 Å². The van der Waals surface area contributed by atoms with Gasteiger partial charge in [0.1, 0.15) is 18.1 Å². The molecule has 2 aromatic carbocycles. The topological polar surface area (TPSA) is 59.1 Å². The van der Waals surface area contributed by atoms with Gasteiger partial charge in [-0.05, 0) is 50.5 Å². The zero-order valence-corrected chi connectivity index (χ0v) is 17.8. The second kappa shape index (κ2) is 9.06. The summed E-state index contributed by atoms with van der Waals surface area (Å²) >= 11 is 0. The molecular formula is C24H27FN2O4. The minimum absolute atomic E-state index is 0.0791. The highest BCUT2D eigenvalue weighted by molar-refractivity contribution is 6.03. The lowest BCUT2D eigenvalue weighted by Crippen LogP contribution is -2.50. The number of carbonyl (C=O) groups excluding carboxylic acids is 2. The SMILES string of the molecule is Cc1ccc2c(c1)N(CC(=O)N(Cc1ccccc1F)C[C@H]1CCCO1)C(=O)[C@@H](C)O2. The van der Waals surface area contributed by atoms with Crippen LogP contribution < -0.4 is 9.64 Å². The molecule has 2 atom stereocenters. The molecule has 0 N–H and O–H groups in total. The van der Waals surface area contributed by atoms with Crippen LogP contribution in [0.15, 0.2) is 42.5 Å². The van der Waals surface area contributed by atoms with Gasteiger partial charge in [0.15, 0.2) is 6.10 Å². The molecule has 0 aliphatic carbocycles. The Kier molecular flexibility index (Phi) is 6.23. The van der Waals surface area contributed by atoms with Crippen LogP contribution in [0.3, 0.4) is 0 Å². The molecule has 0 unspecified atom stereocenters. The summed E-state index contributed by atoms with van der Waals surface area (Å²) in [6.45, 7) is 4.61. The Hall–Kier alpha value is -2.93. The van der Waals surface area contributed by atoms with Gasteiger partial charge in [-0.25, -0.2) is 4.39 Å². The first-order valence-corrected chi connectivity index (χ1v) is 10.6. The summed E-state index contributed by atoms with van der Waals surface area (Å²) in [5.74, 6) is -0.307. The van der Waals surface area contributed by atoms with Crippen LogP contribution in [0.1, 0.15) is 30.9 Å². The second-order valence-electron chi connectivity index (χ2n) is 8.16. The molecule has 1 saturated heterocycles. The summed E-state index contributed by atoms with van der Waals surface area (Å²) in [7, 11) is 0. The van der Waals surface area contributed by atoms with Crippen molar-refractivity contribution in [2.24, 2.45) is 0 Å². The van der Waals surface area contributed by atoms with Gasteiger partial charge in [0.25, 0.3) is 5.91 Å². The highest BCUT2D eigenvalue weighted by Crippen LogP contribution is 2.35. The number of carbonyl (C=O) groups is 2. The van der Waals surface area contributed by atoms with Crippen molar-refractivity contribution in [2.75, 3.05) is 24.6 Å². The minimum Gasteiger partial charge on any atom is -0.479 e. The molecular weight excluding hydrogens is 399 g/mol. The van der Waals surface area contributed by atoms with Gasteiger partial charge in [0, 0.05) is 25.3 Å². The lowest BCUT2D eigenvalue weighted by atomic mass is 10.1. The number of benzene rings is 2. The molecule has 0 aromatic heterocycles. The maximum Gasteiger partial charge on any atom is 0.268 e. The van der Waals surface area contributed by atoms with Crippen molar-refractivity contribution in [2.45, 2.75) is 45.4 Å². The van der Waals surface area contributed by atoms with E-state index in [4.69, 9.17) is 9.47 Å². The predicted molar refractivity (Wildman–Crippen MR) is 114 cm³/mol. The zero-order valence-electron chi connectivity index (χ0n) is 17.8. The van der Waals surface area contributed by atoms with Crippen molar-refractivity contribution in [3.63, 3.8) is 0 Å². The first-order valence-electron chi connectivity index (χ1n) is 10.6. The number of amides is 2. The Bertz CT molecular complexity index is 974. The molecule has 6 nitrogen and oxygen atoms in total. The van der Waals surface area contributed by atoms with Gasteiger partial charge in [-0.2, -0.15) is 0 Å². The molecule has 2 aromatic rings. The number of halogens is 1. The number of hydrogen-bond acceptors (Lipinski definition) is 4. The number of nitrogens with zero attached hydrogens (tertiary/aromatic N) is 2. The summed E-state index contributed by atoms with van der Waals surface area (Å²) in [4.78, 5) is 29.3. The summed E-state index contributed by atoms with van der Waals surface area (Å²) in [6.07, 6.45) is 1.04. The Morgan fingerprint density at radius 3 is 2.81 bits per heavy atom. The maximum absolute atomic E-state index is 14.3. The van der Waals surface area contributed by atoms with E-state index in [0.717, 1.165) is 18.4 Å². The third kappa shape index (κ3) is 4.71. The van der Waals surface area contributed by atoms with Crippen LogP contribution in [0, 0.1) is 12.7 Å². The Morgan fingerprint density at radius 2 is 2.06 bits per heavy atom. The monoisotopic (exact) mass is 426 g/mol. The van der Waals surface area contributed by atoms with Crippen molar-refractivity contribution < 1.29 is 23.5 Å². The zero-order chi connectivity index (χ0) is 22.0. The van der Waals surface area contributed by atoms with E-state index in [1.807, 2.05) is 25.1 Å². The van der Waals surface area contributed by atoms with Gasteiger partial charge in [0.05, 0.1) is 11.8 Å². The van der Waals surface area contributed by atoms with Crippen molar-refractivity contribution in [3.05, 3.63) is 59.4 Å². The summed E-state index contributed by atoms with van der Waals surface area (Å²) in [5, 5.41) is 0. The highest BCUT2D eigenvalue weighted by atomic mass is 19.1. The van der Waals surface area contributed by atoms with E-state index in [2.05, 4.69) is 0 Å². The maximum atomic E-state index is 14.3. The number of ether oxygens (including phenoxy) is 2. The highest BCUT2D eigenvalue weighted by Gasteiger charge is 2.34. The fourth-order valence-corrected chi connectivity index (χ4v) is 4.04. The number of aryl methyl sites for hydroxylation is 1. The average Bonchev–Trinajstić information content (AvgIpc) is 3.26. The molecule has 4 rings (SSSR count). The Balaban J connectivity index is 1.58. The van der Waals surface area contributed by atoms with Gasteiger partial charge < -0.3 is 14.4 Å². The molecule has 0 spiro atoms. The van der Waals surface area contributed by atoms with Crippen LogP contribution in [-0.4, -0.2) is 48.6 Å². The van der Waals surface area contributed by atoms with Gasteiger partial charge in [-0.15, -0.1) is 0 Å². The van der Waals surface area contributed by atoms with E-state index in [9.17, 15) is 14.0 Å². The lowest BCUT2D eigenvalue weighted by molar-refractivity contribution is -0.134. The van der Waals surface area contributed by atoms with Crippen molar-refractivity contribution in [1.29, 1.82) is 0 Å². The normalized spacial score (nSPS) is 20.4. The molecule has 31 heavy (non-hydrogen) atoms. The van der Waals surface area contributed by atoms with Crippen LogP contribution in [0.25, 0.3) is 0 Å². The molecule has 2 aliphatic heterocycles. The molecule has 2 amide bonds. The van der Waals surface area contributed by atoms with Gasteiger partial charge in [0.2, 0.25) is 5.91 Å². The Labute approximate surface area is 181 Å². The van der Waals surface area contributed by atoms with Crippen LogP contribution in [0.5, 0.6) is 5.75 Å². The fraction of sp³-hybridized carbons (Fsp3) is 0.417. The smallest absolute Gasteiger partial charge is 0.268 e. The van der Waals surface area contributed by atoms with Crippen molar-refractivity contribution in [3.8, 4) is 5.75 Å². The number of anilines is 1. The number of fused-ring (bicyclic) bond motifs is 1. The number of hydrogen-bond donors (Lipinski definition) is 0. The first-order chi connectivity index (χ1) is 14.9. The predicted octanol–water partition coefficient (Wildman–Crippen LogP) is 3.46. The molecule has 1 fully saturated rings. The summed E-state index contributed by atoms with van der Waals surface area (Å²) in [5.41, 5.74) is 1.98. The molecule has 164 valence electrons. The van der Waals surface area contributed by atoms with E-state index in [0.29, 0.717) is 30.2 Å². The molecule has 2 aliphatic rings. The Morgan fingerprint density at radius 1 is 1.26 bits per heavy atom. The van der Waals surface area contributed by atoms with Crippen LogP contribution in [0.2, 0.25) is 0 Å². The second-order valence-corrected chi connectivity index (χ2v) is 8.16. The van der Waals surface area contributed by atoms with Gasteiger partial charge >= 0.3 is 0 Å². The van der Waals surface area contributed by atoms with Crippen LogP contribution in [-0.2, 0) is 20.9 Å². The average molecular weight is 426 g/mol. The van der Waals surface area contributed by atoms with E-state index in [1.165, 1.54) is 11.0 Å². The third-order valence-corrected chi connectivity index (χ3v) is 5.74. The van der Waals surface area contributed by atoms with E-state index < -0.39 is 6.10 Å². The van der Waals surface area contributed by atoms with Crippen molar-refractivity contribution in [1.82, 2.24) is 4.90 Å². The van der Waals surface area contributed by atoms with E-state index >= 15 is 0 Å². The van der Waals surface area contributed by atoms with Crippen molar-refractivity contribution >= 4 is 17.5 Å². The lowest BCUT2D eigenvalue weighted by Gasteiger charge is -2.34. The minimum atomic E-state index is -0.679. The standard InChI is InChI=1S/C24H27FN2O4/c1-16-9-10-22-21(12-16)27(24(29)17(2)31-22)15-23(28)26(14-19-7-5-11-30-19)13-18-6-3-4-8-20(18)25/h3-4,6,8-10,12,17,19H,5,7,11,13-15H2,1-2H3/t17-,19-/m1/s1. The largest absolute Gasteiger partial charge is 0.479 e. The number of rotatable bonds is 6. The summed E-state index contributed by atoms with van der Waals surface area (Å²) < 4.78 is 25.7. The first kappa shape index (κ1) is 21.3. The molecule has 2 heterocycles. The van der Waals surface area contributed by atoms with E-state index in [1.54, 1.807) is 30.0 Å². The molecule has 0 radical (unpaired) electrons. The fourth-order valence-electron chi connectivity index (χ4n) is 4.04. The van der Waals surface area contributed by atoms with Crippen LogP contribution in [0.4, 0.5) is 10.1 Å². The quantitative estimate of drug-likeness (QED) is 0.710. The van der Waals surface area contributed by atoms with E-state index in [-0.39, 0.29) is 36.8 Å². The van der Waals surface area contributed by atoms with Crippen LogP contribution >= 0.6 is 0 Å². The summed E-state index contributed by atoms with van der Waals surface area (Å²) in [6, 6.07) is 12.0.